The molecule has 1 aliphatic rings. The molecule has 4 nitrogen and oxygen atoms in total. The van der Waals surface area contributed by atoms with Gasteiger partial charge in [-0.15, -0.1) is 0 Å². The molecule has 1 aromatic heterocycles. The summed E-state index contributed by atoms with van der Waals surface area (Å²) in [6.07, 6.45) is 5.94. The highest BCUT2D eigenvalue weighted by atomic mass is 35.5. The van der Waals surface area contributed by atoms with Crippen molar-refractivity contribution in [2.75, 3.05) is 18.4 Å². The van der Waals surface area contributed by atoms with Crippen LogP contribution in [0.1, 0.15) is 56.3 Å². The first-order valence-electron chi connectivity index (χ1n) is 7.88. The lowest BCUT2D eigenvalue weighted by Crippen LogP contribution is -2.41. The van der Waals surface area contributed by atoms with Crippen LogP contribution in [0.5, 0.6) is 0 Å². The van der Waals surface area contributed by atoms with Crippen LogP contribution >= 0.6 is 11.6 Å². The monoisotopic (exact) mass is 309 g/mol. The number of pyridine rings is 1. The van der Waals surface area contributed by atoms with Crippen molar-refractivity contribution in [3.63, 3.8) is 0 Å². The Morgan fingerprint density at radius 1 is 1.33 bits per heavy atom. The van der Waals surface area contributed by atoms with Gasteiger partial charge in [0.05, 0.1) is 0 Å². The molecule has 1 saturated carbocycles. The number of amides is 1. The molecule has 1 N–H and O–H groups in total. The standard InChI is InChI=1S/C16H24ClN3O/c1-3-18-15-11-12(10-14(17)19-15)16(21)20(4-2)13-8-6-5-7-9-13/h10-11,13H,3-9H2,1-2H3,(H,18,19). The molecular weight excluding hydrogens is 286 g/mol. The van der Waals surface area contributed by atoms with Gasteiger partial charge in [-0.05, 0) is 38.8 Å². The molecule has 1 aromatic rings. The number of carbonyl (C=O) groups excluding carboxylic acids is 1. The second-order valence-corrected chi connectivity index (χ2v) is 5.86. The summed E-state index contributed by atoms with van der Waals surface area (Å²) in [4.78, 5) is 19.0. The molecular formula is C16H24ClN3O. The summed E-state index contributed by atoms with van der Waals surface area (Å²) in [7, 11) is 0. The van der Waals surface area contributed by atoms with E-state index in [4.69, 9.17) is 11.6 Å². The molecule has 5 heteroatoms. The second-order valence-electron chi connectivity index (χ2n) is 5.48. The summed E-state index contributed by atoms with van der Waals surface area (Å²) >= 11 is 6.04. The molecule has 0 bridgehead atoms. The van der Waals surface area contributed by atoms with Gasteiger partial charge >= 0.3 is 0 Å². The number of hydrogen-bond donors (Lipinski definition) is 1. The Morgan fingerprint density at radius 2 is 2.05 bits per heavy atom. The lowest BCUT2D eigenvalue weighted by atomic mass is 9.93. The van der Waals surface area contributed by atoms with Crippen LogP contribution in [-0.2, 0) is 0 Å². The van der Waals surface area contributed by atoms with Crippen molar-refractivity contribution in [2.45, 2.75) is 52.0 Å². The third kappa shape index (κ3) is 4.10. The van der Waals surface area contributed by atoms with E-state index in [0.29, 0.717) is 22.6 Å². The Kier molecular flexibility index (Phi) is 5.85. The van der Waals surface area contributed by atoms with Crippen molar-refractivity contribution in [1.29, 1.82) is 0 Å². The highest BCUT2D eigenvalue weighted by molar-refractivity contribution is 6.29. The fourth-order valence-electron chi connectivity index (χ4n) is 3.02. The lowest BCUT2D eigenvalue weighted by molar-refractivity contribution is 0.0648. The van der Waals surface area contributed by atoms with Crippen molar-refractivity contribution in [1.82, 2.24) is 9.88 Å². The first-order valence-corrected chi connectivity index (χ1v) is 8.26. The van der Waals surface area contributed by atoms with E-state index in [2.05, 4.69) is 10.3 Å². The summed E-state index contributed by atoms with van der Waals surface area (Å²) in [5.41, 5.74) is 0.623. The normalized spacial score (nSPS) is 15.8. The minimum atomic E-state index is 0.0628. The molecule has 0 unspecified atom stereocenters. The lowest BCUT2D eigenvalue weighted by Gasteiger charge is -2.33. The van der Waals surface area contributed by atoms with Crippen LogP contribution < -0.4 is 5.32 Å². The molecule has 0 atom stereocenters. The van der Waals surface area contributed by atoms with Crippen molar-refractivity contribution < 1.29 is 4.79 Å². The van der Waals surface area contributed by atoms with E-state index in [1.165, 1.54) is 19.3 Å². The van der Waals surface area contributed by atoms with Gasteiger partial charge in [0, 0.05) is 24.7 Å². The summed E-state index contributed by atoms with van der Waals surface area (Å²) in [6, 6.07) is 3.82. The van der Waals surface area contributed by atoms with E-state index in [1.54, 1.807) is 12.1 Å². The van der Waals surface area contributed by atoms with E-state index in [-0.39, 0.29) is 5.91 Å². The zero-order valence-corrected chi connectivity index (χ0v) is 13.6. The molecule has 0 saturated heterocycles. The number of rotatable bonds is 5. The molecule has 1 heterocycles. The van der Waals surface area contributed by atoms with Crippen LogP contribution in [-0.4, -0.2) is 34.9 Å². The Labute approximate surface area is 131 Å². The Morgan fingerprint density at radius 3 is 2.67 bits per heavy atom. The highest BCUT2D eigenvalue weighted by Crippen LogP contribution is 2.25. The van der Waals surface area contributed by atoms with E-state index < -0.39 is 0 Å². The van der Waals surface area contributed by atoms with Gasteiger partial charge in [-0.2, -0.15) is 0 Å². The topological polar surface area (TPSA) is 45.2 Å². The quantitative estimate of drug-likeness (QED) is 0.837. The number of halogens is 1. The molecule has 0 radical (unpaired) electrons. The third-order valence-corrected chi connectivity index (χ3v) is 4.21. The Hall–Kier alpha value is -1.29. The van der Waals surface area contributed by atoms with Crippen molar-refractivity contribution >= 4 is 23.3 Å². The van der Waals surface area contributed by atoms with Gasteiger partial charge in [0.1, 0.15) is 11.0 Å². The van der Waals surface area contributed by atoms with Crippen molar-refractivity contribution in [3.8, 4) is 0 Å². The summed E-state index contributed by atoms with van der Waals surface area (Å²) in [5.74, 6) is 0.723. The molecule has 21 heavy (non-hydrogen) atoms. The zero-order chi connectivity index (χ0) is 15.2. The number of anilines is 1. The predicted molar refractivity (Wildman–Crippen MR) is 87.0 cm³/mol. The maximum absolute atomic E-state index is 12.8. The number of aromatic nitrogens is 1. The molecule has 0 aliphatic heterocycles. The molecule has 0 spiro atoms. The fourth-order valence-corrected chi connectivity index (χ4v) is 3.23. The average molecular weight is 310 g/mol. The number of nitrogens with zero attached hydrogens (tertiary/aromatic N) is 2. The van der Waals surface area contributed by atoms with Crippen molar-refractivity contribution in [2.24, 2.45) is 0 Å². The predicted octanol–water partition coefficient (Wildman–Crippen LogP) is 3.96. The maximum Gasteiger partial charge on any atom is 0.254 e. The van der Waals surface area contributed by atoms with Gasteiger partial charge in [0.2, 0.25) is 0 Å². The van der Waals surface area contributed by atoms with Crippen molar-refractivity contribution in [3.05, 3.63) is 22.8 Å². The highest BCUT2D eigenvalue weighted by Gasteiger charge is 2.25. The van der Waals surface area contributed by atoms with Gasteiger partial charge in [-0.3, -0.25) is 4.79 Å². The minimum Gasteiger partial charge on any atom is -0.370 e. The largest absolute Gasteiger partial charge is 0.370 e. The van der Waals surface area contributed by atoms with Crippen LogP contribution in [0.4, 0.5) is 5.82 Å². The van der Waals surface area contributed by atoms with Crippen LogP contribution in [0.15, 0.2) is 12.1 Å². The molecule has 1 amide bonds. The van der Waals surface area contributed by atoms with Crippen LogP contribution in [0.25, 0.3) is 0 Å². The summed E-state index contributed by atoms with van der Waals surface area (Å²) in [6.45, 7) is 5.52. The maximum atomic E-state index is 12.8. The minimum absolute atomic E-state index is 0.0628. The van der Waals surface area contributed by atoms with E-state index in [0.717, 1.165) is 25.9 Å². The van der Waals surface area contributed by atoms with Gasteiger partial charge < -0.3 is 10.2 Å². The molecule has 116 valence electrons. The summed E-state index contributed by atoms with van der Waals surface area (Å²) in [5, 5.41) is 3.47. The van der Waals surface area contributed by atoms with Gasteiger partial charge in [0.25, 0.3) is 5.91 Å². The number of nitrogens with one attached hydrogen (secondary N) is 1. The third-order valence-electron chi connectivity index (χ3n) is 4.02. The second kappa shape index (κ2) is 7.64. The van der Waals surface area contributed by atoms with E-state index in [9.17, 15) is 4.79 Å². The molecule has 2 rings (SSSR count). The average Bonchev–Trinajstić information content (AvgIpc) is 2.49. The van der Waals surface area contributed by atoms with Gasteiger partial charge in [0.15, 0.2) is 0 Å². The first-order chi connectivity index (χ1) is 10.2. The molecule has 1 fully saturated rings. The smallest absolute Gasteiger partial charge is 0.254 e. The van der Waals surface area contributed by atoms with E-state index in [1.807, 2.05) is 18.7 Å². The Bertz CT molecular complexity index is 486. The molecule has 0 aromatic carbocycles. The SMILES string of the molecule is CCNc1cc(C(=O)N(CC)C2CCCCC2)cc(Cl)n1. The fraction of sp³-hybridized carbons (Fsp3) is 0.625. The van der Waals surface area contributed by atoms with Crippen LogP contribution in [0, 0.1) is 0 Å². The first kappa shape index (κ1) is 16.1. The van der Waals surface area contributed by atoms with Crippen LogP contribution in [0.2, 0.25) is 5.15 Å². The number of carbonyl (C=O) groups is 1. The molecule has 1 aliphatic carbocycles. The Balaban J connectivity index is 2.20. The van der Waals surface area contributed by atoms with E-state index >= 15 is 0 Å². The van der Waals surface area contributed by atoms with Gasteiger partial charge in [-0.25, -0.2) is 4.98 Å². The number of hydrogen-bond acceptors (Lipinski definition) is 3. The van der Waals surface area contributed by atoms with Crippen LogP contribution in [0.3, 0.4) is 0 Å². The zero-order valence-electron chi connectivity index (χ0n) is 12.9. The summed E-state index contributed by atoms with van der Waals surface area (Å²) < 4.78 is 0. The van der Waals surface area contributed by atoms with Gasteiger partial charge in [-0.1, -0.05) is 30.9 Å².